The predicted octanol–water partition coefficient (Wildman–Crippen LogP) is 3.55. The molecular weight excluding hydrogens is 250 g/mol. The molecule has 0 spiro atoms. The molecule has 0 amide bonds. The summed E-state index contributed by atoms with van der Waals surface area (Å²) in [6.45, 7) is 5.43. The molecule has 1 aromatic carbocycles. The van der Waals surface area contributed by atoms with Gasteiger partial charge in [-0.3, -0.25) is 4.90 Å². The molecule has 0 bridgehead atoms. The van der Waals surface area contributed by atoms with Gasteiger partial charge in [0.2, 0.25) is 0 Å². The van der Waals surface area contributed by atoms with Crippen LogP contribution in [0.15, 0.2) is 30.3 Å². The van der Waals surface area contributed by atoms with Crippen molar-refractivity contribution in [3.63, 3.8) is 0 Å². The Morgan fingerprint density at radius 1 is 1.40 bits per heavy atom. The second kappa shape index (κ2) is 6.71. The van der Waals surface area contributed by atoms with Crippen LogP contribution in [0.5, 0.6) is 0 Å². The van der Waals surface area contributed by atoms with Crippen LogP contribution in [-0.4, -0.2) is 28.1 Å². The van der Waals surface area contributed by atoms with Crippen LogP contribution in [0.2, 0.25) is 0 Å². The Bertz CT molecular complexity index is 496. The van der Waals surface area contributed by atoms with E-state index < -0.39 is 5.97 Å². The van der Waals surface area contributed by atoms with Crippen molar-refractivity contribution in [2.75, 3.05) is 0 Å². The van der Waals surface area contributed by atoms with E-state index in [1.54, 1.807) is 6.08 Å². The third-order valence-corrected chi connectivity index (χ3v) is 4.24. The number of carboxylic acid groups (broad SMARTS) is 1. The summed E-state index contributed by atoms with van der Waals surface area (Å²) in [6.07, 6.45) is 6.61. The Balaban J connectivity index is 2.18. The number of likely N-dealkylation sites (tertiary alicyclic amines) is 1. The van der Waals surface area contributed by atoms with E-state index >= 15 is 0 Å². The Morgan fingerprint density at radius 3 is 2.85 bits per heavy atom. The molecule has 1 aliphatic rings. The van der Waals surface area contributed by atoms with Crippen molar-refractivity contribution in [1.29, 1.82) is 0 Å². The van der Waals surface area contributed by atoms with Crippen LogP contribution in [0.1, 0.15) is 44.2 Å². The van der Waals surface area contributed by atoms with Gasteiger partial charge in [-0.15, -0.1) is 0 Å². The van der Waals surface area contributed by atoms with Crippen LogP contribution in [0, 0.1) is 0 Å². The smallest absolute Gasteiger partial charge is 0.328 e. The second-order valence-electron chi connectivity index (χ2n) is 5.53. The van der Waals surface area contributed by atoms with Gasteiger partial charge in [0.05, 0.1) is 0 Å². The van der Waals surface area contributed by atoms with Gasteiger partial charge in [0.1, 0.15) is 0 Å². The van der Waals surface area contributed by atoms with Gasteiger partial charge in [-0.1, -0.05) is 31.2 Å². The first-order valence-corrected chi connectivity index (χ1v) is 7.36. The lowest BCUT2D eigenvalue weighted by Gasteiger charge is -2.28. The van der Waals surface area contributed by atoms with E-state index in [4.69, 9.17) is 5.11 Å². The molecule has 2 rings (SSSR count). The molecule has 108 valence electrons. The van der Waals surface area contributed by atoms with Gasteiger partial charge >= 0.3 is 5.97 Å². The Hall–Kier alpha value is -1.61. The first-order chi connectivity index (χ1) is 9.61. The fourth-order valence-electron chi connectivity index (χ4n) is 3.05. The number of hydrogen-bond donors (Lipinski definition) is 1. The SMILES string of the molecule is CCC1CCC(C)N1Cc1ccccc1/C=C/C(=O)O. The number of rotatable bonds is 5. The maximum atomic E-state index is 10.7. The van der Waals surface area contributed by atoms with Gasteiger partial charge in [0.15, 0.2) is 0 Å². The van der Waals surface area contributed by atoms with Crippen LogP contribution in [0.25, 0.3) is 6.08 Å². The molecule has 1 aromatic rings. The van der Waals surface area contributed by atoms with E-state index in [0.717, 1.165) is 12.1 Å². The van der Waals surface area contributed by atoms with Crippen molar-refractivity contribution < 1.29 is 9.90 Å². The maximum Gasteiger partial charge on any atom is 0.328 e. The lowest BCUT2D eigenvalue weighted by atomic mass is 10.1. The van der Waals surface area contributed by atoms with Gasteiger partial charge in [0.25, 0.3) is 0 Å². The van der Waals surface area contributed by atoms with Crippen molar-refractivity contribution in [2.24, 2.45) is 0 Å². The zero-order valence-electron chi connectivity index (χ0n) is 12.2. The van der Waals surface area contributed by atoms with E-state index in [-0.39, 0.29) is 0 Å². The molecule has 0 radical (unpaired) electrons. The Labute approximate surface area is 120 Å². The van der Waals surface area contributed by atoms with Crippen molar-refractivity contribution in [3.8, 4) is 0 Å². The molecule has 0 aliphatic carbocycles. The van der Waals surface area contributed by atoms with Gasteiger partial charge in [-0.05, 0) is 43.4 Å². The third kappa shape index (κ3) is 3.48. The van der Waals surface area contributed by atoms with Crippen LogP contribution < -0.4 is 0 Å². The number of aliphatic carboxylic acids is 1. The summed E-state index contributed by atoms with van der Waals surface area (Å²) in [5.41, 5.74) is 2.21. The highest BCUT2D eigenvalue weighted by molar-refractivity contribution is 5.85. The minimum atomic E-state index is -0.902. The molecule has 3 nitrogen and oxygen atoms in total. The van der Waals surface area contributed by atoms with Gasteiger partial charge in [0, 0.05) is 24.7 Å². The maximum absolute atomic E-state index is 10.7. The highest BCUT2D eigenvalue weighted by Crippen LogP contribution is 2.28. The molecule has 3 heteroatoms. The number of benzene rings is 1. The normalized spacial score (nSPS) is 23.5. The van der Waals surface area contributed by atoms with Crippen LogP contribution in [0.4, 0.5) is 0 Å². The van der Waals surface area contributed by atoms with Gasteiger partial charge in [-0.2, -0.15) is 0 Å². The summed E-state index contributed by atoms with van der Waals surface area (Å²) in [5.74, 6) is -0.902. The van der Waals surface area contributed by atoms with E-state index in [9.17, 15) is 4.79 Å². The number of nitrogens with zero attached hydrogens (tertiary/aromatic N) is 1. The number of carbonyl (C=O) groups is 1. The van der Waals surface area contributed by atoms with Crippen LogP contribution in [0.3, 0.4) is 0 Å². The summed E-state index contributed by atoms with van der Waals surface area (Å²) in [4.78, 5) is 13.2. The third-order valence-electron chi connectivity index (χ3n) is 4.24. The van der Waals surface area contributed by atoms with E-state index in [0.29, 0.717) is 12.1 Å². The lowest BCUT2D eigenvalue weighted by molar-refractivity contribution is -0.131. The fourth-order valence-corrected chi connectivity index (χ4v) is 3.05. The van der Waals surface area contributed by atoms with Crippen molar-refractivity contribution >= 4 is 12.0 Å². The quantitative estimate of drug-likeness (QED) is 0.834. The summed E-state index contributed by atoms with van der Waals surface area (Å²) >= 11 is 0. The minimum Gasteiger partial charge on any atom is -0.478 e. The highest BCUT2D eigenvalue weighted by atomic mass is 16.4. The van der Waals surface area contributed by atoms with Crippen molar-refractivity contribution in [2.45, 2.75) is 51.7 Å². The molecule has 1 N–H and O–H groups in total. The zero-order chi connectivity index (χ0) is 14.5. The molecule has 2 unspecified atom stereocenters. The van der Waals surface area contributed by atoms with E-state index in [2.05, 4.69) is 24.8 Å². The molecule has 1 heterocycles. The van der Waals surface area contributed by atoms with Crippen molar-refractivity contribution in [1.82, 2.24) is 4.90 Å². The summed E-state index contributed by atoms with van der Waals surface area (Å²) in [5, 5.41) is 8.77. The largest absolute Gasteiger partial charge is 0.478 e. The molecule has 1 fully saturated rings. The number of hydrogen-bond acceptors (Lipinski definition) is 2. The predicted molar refractivity (Wildman–Crippen MR) is 81.4 cm³/mol. The number of carboxylic acids is 1. The standard InChI is InChI=1S/C17H23NO2/c1-3-16-10-8-13(2)18(16)12-15-7-5-4-6-14(15)9-11-17(19)20/h4-7,9,11,13,16H,3,8,10,12H2,1-2H3,(H,19,20)/b11-9+. The average Bonchev–Trinajstić information content (AvgIpc) is 2.78. The minimum absolute atomic E-state index is 0.608. The summed E-state index contributed by atoms with van der Waals surface area (Å²) in [6, 6.07) is 9.32. The first kappa shape index (κ1) is 14.8. The zero-order valence-corrected chi connectivity index (χ0v) is 12.2. The molecule has 20 heavy (non-hydrogen) atoms. The topological polar surface area (TPSA) is 40.5 Å². The van der Waals surface area contributed by atoms with Crippen LogP contribution in [-0.2, 0) is 11.3 Å². The fraction of sp³-hybridized carbons (Fsp3) is 0.471. The van der Waals surface area contributed by atoms with Gasteiger partial charge in [-0.25, -0.2) is 4.79 Å². The molecular formula is C17H23NO2. The molecule has 1 saturated heterocycles. The Morgan fingerprint density at radius 2 is 2.15 bits per heavy atom. The monoisotopic (exact) mass is 273 g/mol. The molecule has 2 atom stereocenters. The first-order valence-electron chi connectivity index (χ1n) is 7.36. The highest BCUT2D eigenvalue weighted by Gasteiger charge is 2.29. The van der Waals surface area contributed by atoms with Crippen molar-refractivity contribution in [3.05, 3.63) is 41.5 Å². The lowest BCUT2D eigenvalue weighted by Crippen LogP contribution is -2.33. The molecule has 0 saturated carbocycles. The van der Waals surface area contributed by atoms with Gasteiger partial charge < -0.3 is 5.11 Å². The molecule has 1 aliphatic heterocycles. The van der Waals surface area contributed by atoms with E-state index in [1.165, 1.54) is 30.9 Å². The summed E-state index contributed by atoms with van der Waals surface area (Å²) < 4.78 is 0. The van der Waals surface area contributed by atoms with Crippen LogP contribution >= 0.6 is 0 Å². The Kier molecular flexibility index (Phi) is 4.96. The summed E-state index contributed by atoms with van der Waals surface area (Å²) in [7, 11) is 0. The second-order valence-corrected chi connectivity index (χ2v) is 5.53. The van der Waals surface area contributed by atoms with E-state index in [1.807, 2.05) is 18.2 Å². The molecule has 0 aromatic heterocycles. The average molecular weight is 273 g/mol.